The topological polar surface area (TPSA) is 34.1 Å². The molecule has 1 atom stereocenters. The molecule has 1 aromatic rings. The van der Waals surface area contributed by atoms with Crippen molar-refractivity contribution in [3.8, 4) is 5.88 Å². The molecule has 0 amide bonds. The highest BCUT2D eigenvalue weighted by Crippen LogP contribution is 2.10. The van der Waals surface area contributed by atoms with E-state index in [0.29, 0.717) is 12.6 Å². The van der Waals surface area contributed by atoms with Crippen LogP contribution in [0.1, 0.15) is 26.0 Å². The predicted molar refractivity (Wildman–Crippen MR) is 62.2 cm³/mol. The first kappa shape index (κ1) is 12.0. The van der Waals surface area contributed by atoms with Gasteiger partial charge in [0, 0.05) is 24.2 Å². The van der Waals surface area contributed by atoms with Crippen LogP contribution in [-0.2, 0) is 6.42 Å². The van der Waals surface area contributed by atoms with Gasteiger partial charge in [0.2, 0.25) is 5.88 Å². The van der Waals surface area contributed by atoms with E-state index in [9.17, 15) is 0 Å². The van der Waals surface area contributed by atoms with Crippen molar-refractivity contribution in [3.63, 3.8) is 0 Å². The van der Waals surface area contributed by atoms with Crippen LogP contribution in [0.4, 0.5) is 0 Å². The molecule has 0 spiro atoms. The van der Waals surface area contributed by atoms with Gasteiger partial charge < -0.3 is 10.1 Å². The Hall–Kier alpha value is -1.09. The summed E-state index contributed by atoms with van der Waals surface area (Å²) >= 11 is 0. The van der Waals surface area contributed by atoms with Crippen molar-refractivity contribution in [1.29, 1.82) is 0 Å². The van der Waals surface area contributed by atoms with Crippen molar-refractivity contribution in [3.05, 3.63) is 23.9 Å². The van der Waals surface area contributed by atoms with Crippen molar-refractivity contribution >= 4 is 0 Å². The Morgan fingerprint density at radius 3 is 2.80 bits per heavy atom. The SMILES string of the molecule is CCOc1cccc(CC(CC)NC)n1. The first-order valence-electron chi connectivity index (χ1n) is 5.56. The molecule has 1 aromatic heterocycles. The van der Waals surface area contributed by atoms with E-state index in [-0.39, 0.29) is 0 Å². The summed E-state index contributed by atoms with van der Waals surface area (Å²) in [5.74, 6) is 0.723. The zero-order chi connectivity index (χ0) is 11.1. The monoisotopic (exact) mass is 208 g/mol. The third kappa shape index (κ3) is 3.88. The Labute approximate surface area is 91.9 Å². The fraction of sp³-hybridized carbons (Fsp3) is 0.583. The first-order valence-corrected chi connectivity index (χ1v) is 5.56. The lowest BCUT2D eigenvalue weighted by molar-refractivity contribution is 0.325. The Morgan fingerprint density at radius 2 is 2.20 bits per heavy atom. The van der Waals surface area contributed by atoms with Gasteiger partial charge in [-0.25, -0.2) is 4.98 Å². The minimum absolute atomic E-state index is 0.495. The van der Waals surface area contributed by atoms with Crippen molar-refractivity contribution in [1.82, 2.24) is 10.3 Å². The number of likely N-dealkylation sites (N-methyl/N-ethyl adjacent to an activating group) is 1. The summed E-state index contributed by atoms with van der Waals surface area (Å²) in [6.07, 6.45) is 2.06. The molecule has 1 rings (SSSR count). The van der Waals surface area contributed by atoms with E-state index in [1.54, 1.807) is 0 Å². The van der Waals surface area contributed by atoms with Gasteiger partial charge in [0.15, 0.2) is 0 Å². The number of nitrogens with zero attached hydrogens (tertiary/aromatic N) is 1. The van der Waals surface area contributed by atoms with E-state index in [0.717, 1.165) is 24.4 Å². The van der Waals surface area contributed by atoms with Crippen LogP contribution in [0.3, 0.4) is 0 Å². The molecule has 0 bridgehead atoms. The number of pyridine rings is 1. The highest BCUT2D eigenvalue weighted by Gasteiger charge is 2.06. The maximum Gasteiger partial charge on any atom is 0.213 e. The lowest BCUT2D eigenvalue weighted by atomic mass is 10.1. The Bertz CT molecular complexity index is 285. The van der Waals surface area contributed by atoms with Crippen molar-refractivity contribution < 1.29 is 4.74 Å². The van der Waals surface area contributed by atoms with Crippen LogP contribution in [0.5, 0.6) is 5.88 Å². The number of hydrogen-bond donors (Lipinski definition) is 1. The standard InChI is InChI=1S/C12H20N2O/c1-4-10(13-3)9-11-7-6-8-12(14-11)15-5-2/h6-8,10,13H,4-5,9H2,1-3H3. The fourth-order valence-electron chi connectivity index (χ4n) is 1.50. The van der Waals surface area contributed by atoms with Crippen LogP contribution in [0.25, 0.3) is 0 Å². The number of hydrogen-bond acceptors (Lipinski definition) is 3. The molecule has 1 N–H and O–H groups in total. The second-order valence-corrected chi connectivity index (χ2v) is 3.50. The summed E-state index contributed by atoms with van der Waals surface area (Å²) in [4.78, 5) is 4.44. The number of ether oxygens (including phenoxy) is 1. The van der Waals surface area contributed by atoms with Crippen LogP contribution >= 0.6 is 0 Å². The molecule has 1 unspecified atom stereocenters. The third-order valence-corrected chi connectivity index (χ3v) is 2.43. The highest BCUT2D eigenvalue weighted by molar-refractivity contribution is 5.16. The summed E-state index contributed by atoms with van der Waals surface area (Å²) in [6.45, 7) is 4.81. The van der Waals surface area contributed by atoms with Crippen LogP contribution in [0.15, 0.2) is 18.2 Å². The van der Waals surface area contributed by atoms with Gasteiger partial charge in [-0.05, 0) is 26.5 Å². The maximum atomic E-state index is 5.36. The van der Waals surface area contributed by atoms with E-state index in [1.165, 1.54) is 0 Å². The largest absolute Gasteiger partial charge is 0.478 e. The van der Waals surface area contributed by atoms with E-state index >= 15 is 0 Å². The molecule has 0 fully saturated rings. The van der Waals surface area contributed by atoms with Crippen molar-refractivity contribution in [2.45, 2.75) is 32.7 Å². The van der Waals surface area contributed by atoms with Crippen molar-refractivity contribution in [2.75, 3.05) is 13.7 Å². The van der Waals surface area contributed by atoms with Gasteiger partial charge >= 0.3 is 0 Å². The normalized spacial score (nSPS) is 12.5. The summed E-state index contributed by atoms with van der Waals surface area (Å²) in [5.41, 5.74) is 1.09. The summed E-state index contributed by atoms with van der Waals surface area (Å²) in [7, 11) is 1.99. The molecule has 1 heterocycles. The van der Waals surface area contributed by atoms with Gasteiger partial charge in [-0.1, -0.05) is 13.0 Å². The summed E-state index contributed by atoms with van der Waals surface area (Å²) in [6, 6.07) is 6.43. The lowest BCUT2D eigenvalue weighted by Crippen LogP contribution is -2.26. The van der Waals surface area contributed by atoms with E-state index in [4.69, 9.17) is 4.74 Å². The second-order valence-electron chi connectivity index (χ2n) is 3.50. The molecule has 0 saturated heterocycles. The van der Waals surface area contributed by atoms with E-state index in [2.05, 4.69) is 17.2 Å². The molecule has 0 saturated carbocycles. The zero-order valence-corrected chi connectivity index (χ0v) is 9.79. The highest BCUT2D eigenvalue weighted by atomic mass is 16.5. The molecule has 0 radical (unpaired) electrons. The van der Waals surface area contributed by atoms with Gasteiger partial charge in [0.25, 0.3) is 0 Å². The molecule has 15 heavy (non-hydrogen) atoms. The van der Waals surface area contributed by atoms with Gasteiger partial charge in [-0.3, -0.25) is 0 Å². The van der Waals surface area contributed by atoms with Crippen LogP contribution in [0, 0.1) is 0 Å². The smallest absolute Gasteiger partial charge is 0.213 e. The van der Waals surface area contributed by atoms with E-state index < -0.39 is 0 Å². The molecule has 0 aliphatic heterocycles. The third-order valence-electron chi connectivity index (χ3n) is 2.43. The molecule has 0 aliphatic rings. The van der Waals surface area contributed by atoms with Gasteiger partial charge in [0.05, 0.1) is 6.61 Å². The molecule has 3 nitrogen and oxygen atoms in total. The number of aromatic nitrogens is 1. The van der Waals surface area contributed by atoms with Crippen LogP contribution in [-0.4, -0.2) is 24.7 Å². The molecule has 0 aromatic carbocycles. The quantitative estimate of drug-likeness (QED) is 0.776. The number of nitrogens with one attached hydrogen (secondary N) is 1. The Balaban J connectivity index is 2.64. The summed E-state index contributed by atoms with van der Waals surface area (Å²) in [5, 5.41) is 3.27. The predicted octanol–water partition coefficient (Wildman–Crippen LogP) is 2.02. The van der Waals surface area contributed by atoms with Gasteiger partial charge in [0.1, 0.15) is 0 Å². The average Bonchev–Trinajstić information content (AvgIpc) is 2.27. The molecular formula is C12H20N2O. The average molecular weight is 208 g/mol. The van der Waals surface area contributed by atoms with Crippen LogP contribution < -0.4 is 10.1 Å². The molecule has 3 heteroatoms. The molecule has 0 aliphatic carbocycles. The van der Waals surface area contributed by atoms with Crippen LogP contribution in [0.2, 0.25) is 0 Å². The first-order chi connectivity index (χ1) is 7.30. The minimum atomic E-state index is 0.495. The minimum Gasteiger partial charge on any atom is -0.478 e. The fourth-order valence-corrected chi connectivity index (χ4v) is 1.50. The second kappa shape index (κ2) is 6.40. The zero-order valence-electron chi connectivity index (χ0n) is 9.79. The maximum absolute atomic E-state index is 5.36. The van der Waals surface area contributed by atoms with Gasteiger partial charge in [-0.15, -0.1) is 0 Å². The van der Waals surface area contributed by atoms with E-state index in [1.807, 2.05) is 32.2 Å². The molecule has 84 valence electrons. The number of rotatable bonds is 6. The van der Waals surface area contributed by atoms with Crippen molar-refractivity contribution in [2.24, 2.45) is 0 Å². The molecular weight excluding hydrogens is 188 g/mol. The lowest BCUT2D eigenvalue weighted by Gasteiger charge is -2.13. The summed E-state index contributed by atoms with van der Waals surface area (Å²) < 4.78 is 5.36. The Morgan fingerprint density at radius 1 is 1.40 bits per heavy atom. The Kier molecular flexibility index (Phi) is 5.12. The van der Waals surface area contributed by atoms with Gasteiger partial charge in [-0.2, -0.15) is 0 Å².